The normalized spacial score (nSPS) is 10.3. The summed E-state index contributed by atoms with van der Waals surface area (Å²) in [5, 5.41) is 3.16. The second-order valence-electron chi connectivity index (χ2n) is 4.38. The van der Waals surface area contributed by atoms with Crippen LogP contribution in [0.2, 0.25) is 0 Å². The van der Waals surface area contributed by atoms with Crippen molar-refractivity contribution >= 4 is 5.78 Å². The largest absolute Gasteiger partial charge is 0.493 e. The monoisotopic (exact) mass is 265 g/mol. The molecule has 0 amide bonds. The van der Waals surface area contributed by atoms with Gasteiger partial charge in [0, 0.05) is 5.56 Å². The average Bonchev–Trinajstić information content (AvgIpc) is 2.46. The third-order valence-corrected chi connectivity index (χ3v) is 2.95. The van der Waals surface area contributed by atoms with Gasteiger partial charge in [0.1, 0.15) is 0 Å². The van der Waals surface area contributed by atoms with Gasteiger partial charge < -0.3 is 14.8 Å². The van der Waals surface area contributed by atoms with Gasteiger partial charge in [-0.2, -0.15) is 0 Å². The maximum absolute atomic E-state index is 12.0. The molecule has 1 rings (SSSR count). The van der Waals surface area contributed by atoms with Crippen LogP contribution in [-0.2, 0) is 0 Å². The van der Waals surface area contributed by atoms with Crippen LogP contribution in [0.15, 0.2) is 18.2 Å². The zero-order valence-corrected chi connectivity index (χ0v) is 12.0. The summed E-state index contributed by atoms with van der Waals surface area (Å²) in [6, 6.07) is 5.23. The summed E-state index contributed by atoms with van der Waals surface area (Å²) in [5.74, 6) is 1.28. The number of benzene rings is 1. The highest BCUT2D eigenvalue weighted by Gasteiger charge is 2.10. The van der Waals surface area contributed by atoms with Crippen molar-refractivity contribution in [2.24, 2.45) is 0 Å². The summed E-state index contributed by atoms with van der Waals surface area (Å²) in [6.07, 6.45) is 3.48. The van der Waals surface area contributed by atoms with E-state index in [1.807, 2.05) is 0 Å². The molecular formula is C15H23NO3. The van der Waals surface area contributed by atoms with Gasteiger partial charge in [-0.1, -0.05) is 19.8 Å². The number of hydrogen-bond donors (Lipinski definition) is 1. The van der Waals surface area contributed by atoms with Gasteiger partial charge in [0.15, 0.2) is 17.3 Å². The van der Waals surface area contributed by atoms with E-state index in [-0.39, 0.29) is 5.78 Å². The van der Waals surface area contributed by atoms with Crippen molar-refractivity contribution in [1.82, 2.24) is 5.32 Å². The standard InChI is InChI=1S/C15H23NO3/c1-4-5-6-9-16-11-13(17)12-7-8-14(18-2)15(10-12)19-3/h7-8,10,16H,4-6,9,11H2,1-3H3. The predicted octanol–water partition coefficient (Wildman–Crippen LogP) is 2.67. The molecule has 0 aliphatic heterocycles. The second kappa shape index (κ2) is 8.53. The molecule has 1 aromatic rings. The van der Waals surface area contributed by atoms with E-state index >= 15 is 0 Å². The van der Waals surface area contributed by atoms with Crippen LogP contribution < -0.4 is 14.8 Å². The molecule has 0 saturated heterocycles. The fourth-order valence-corrected chi connectivity index (χ4v) is 1.81. The molecule has 0 aliphatic carbocycles. The van der Waals surface area contributed by atoms with Gasteiger partial charge in [-0.05, 0) is 31.2 Å². The fourth-order valence-electron chi connectivity index (χ4n) is 1.81. The van der Waals surface area contributed by atoms with Gasteiger partial charge in [0.2, 0.25) is 0 Å². The lowest BCUT2D eigenvalue weighted by Gasteiger charge is -2.09. The molecule has 106 valence electrons. The first-order chi connectivity index (χ1) is 9.22. The number of rotatable bonds is 9. The Morgan fingerprint density at radius 3 is 2.53 bits per heavy atom. The maximum atomic E-state index is 12.0. The van der Waals surface area contributed by atoms with E-state index in [1.165, 1.54) is 12.8 Å². The van der Waals surface area contributed by atoms with Crippen LogP contribution in [-0.4, -0.2) is 33.1 Å². The fraction of sp³-hybridized carbons (Fsp3) is 0.533. The molecule has 19 heavy (non-hydrogen) atoms. The summed E-state index contributed by atoms with van der Waals surface area (Å²) in [4.78, 5) is 12.0. The number of carbonyl (C=O) groups is 1. The van der Waals surface area contributed by atoms with Crippen LogP contribution in [0.3, 0.4) is 0 Å². The number of nitrogens with one attached hydrogen (secondary N) is 1. The van der Waals surface area contributed by atoms with Gasteiger partial charge in [-0.25, -0.2) is 0 Å². The average molecular weight is 265 g/mol. The molecule has 0 saturated carbocycles. The lowest BCUT2D eigenvalue weighted by atomic mass is 10.1. The first-order valence-electron chi connectivity index (χ1n) is 6.68. The van der Waals surface area contributed by atoms with Crippen molar-refractivity contribution in [2.75, 3.05) is 27.3 Å². The van der Waals surface area contributed by atoms with Crippen molar-refractivity contribution in [3.05, 3.63) is 23.8 Å². The van der Waals surface area contributed by atoms with Crippen molar-refractivity contribution in [3.8, 4) is 11.5 Å². The Morgan fingerprint density at radius 1 is 1.16 bits per heavy atom. The molecule has 0 heterocycles. The number of hydrogen-bond acceptors (Lipinski definition) is 4. The number of ketones is 1. The highest BCUT2D eigenvalue weighted by atomic mass is 16.5. The molecule has 0 aliphatic rings. The summed E-state index contributed by atoms with van der Waals surface area (Å²) >= 11 is 0. The number of ether oxygens (including phenoxy) is 2. The van der Waals surface area contributed by atoms with Crippen molar-refractivity contribution in [1.29, 1.82) is 0 Å². The topological polar surface area (TPSA) is 47.6 Å². The first kappa shape index (κ1) is 15.5. The van der Waals surface area contributed by atoms with Crippen LogP contribution in [0.1, 0.15) is 36.5 Å². The summed E-state index contributed by atoms with van der Waals surface area (Å²) in [6.45, 7) is 3.40. The Kier molecular flexibility index (Phi) is 6.97. The van der Waals surface area contributed by atoms with Crippen molar-refractivity contribution in [3.63, 3.8) is 0 Å². The molecule has 1 N–H and O–H groups in total. The highest BCUT2D eigenvalue weighted by Crippen LogP contribution is 2.27. The molecular weight excluding hydrogens is 242 g/mol. The molecule has 0 spiro atoms. The summed E-state index contributed by atoms with van der Waals surface area (Å²) in [5.41, 5.74) is 0.639. The van der Waals surface area contributed by atoms with Gasteiger partial charge >= 0.3 is 0 Å². The Labute approximate surface area is 115 Å². The number of methoxy groups -OCH3 is 2. The highest BCUT2D eigenvalue weighted by molar-refractivity contribution is 5.98. The van der Waals surface area contributed by atoms with Crippen LogP contribution >= 0.6 is 0 Å². The smallest absolute Gasteiger partial charge is 0.176 e. The van der Waals surface area contributed by atoms with E-state index in [9.17, 15) is 4.79 Å². The zero-order chi connectivity index (χ0) is 14.1. The number of unbranched alkanes of at least 4 members (excludes halogenated alkanes) is 2. The molecule has 0 unspecified atom stereocenters. The van der Waals surface area contributed by atoms with Crippen molar-refractivity contribution in [2.45, 2.75) is 26.2 Å². The first-order valence-corrected chi connectivity index (χ1v) is 6.68. The summed E-state index contributed by atoms with van der Waals surface area (Å²) < 4.78 is 10.3. The number of Topliss-reactive ketones (excluding diaryl/α,β-unsaturated/α-hetero) is 1. The van der Waals surface area contributed by atoms with Gasteiger partial charge in [-0.3, -0.25) is 4.79 Å². The molecule has 1 aromatic carbocycles. The minimum Gasteiger partial charge on any atom is -0.493 e. The van der Waals surface area contributed by atoms with Crippen LogP contribution in [0.4, 0.5) is 0 Å². The number of carbonyl (C=O) groups excluding carboxylic acids is 1. The van der Waals surface area contributed by atoms with E-state index in [4.69, 9.17) is 9.47 Å². The Hall–Kier alpha value is -1.55. The predicted molar refractivity (Wildman–Crippen MR) is 76.3 cm³/mol. The van der Waals surface area contributed by atoms with Crippen LogP contribution in [0, 0.1) is 0 Å². The van der Waals surface area contributed by atoms with Gasteiger partial charge in [0.25, 0.3) is 0 Å². The lowest BCUT2D eigenvalue weighted by molar-refractivity contribution is 0.0991. The van der Waals surface area contributed by atoms with Gasteiger partial charge in [0.05, 0.1) is 20.8 Å². The molecule has 4 heteroatoms. The lowest BCUT2D eigenvalue weighted by Crippen LogP contribution is -2.24. The van der Waals surface area contributed by atoms with Crippen LogP contribution in [0.25, 0.3) is 0 Å². The van der Waals surface area contributed by atoms with E-state index in [0.29, 0.717) is 23.6 Å². The third kappa shape index (κ3) is 4.91. The molecule has 0 fully saturated rings. The Morgan fingerprint density at radius 2 is 1.89 bits per heavy atom. The Bertz CT molecular complexity index is 404. The second-order valence-corrected chi connectivity index (χ2v) is 4.38. The van der Waals surface area contributed by atoms with Gasteiger partial charge in [-0.15, -0.1) is 0 Å². The zero-order valence-electron chi connectivity index (χ0n) is 12.0. The van der Waals surface area contributed by atoms with E-state index in [1.54, 1.807) is 32.4 Å². The van der Waals surface area contributed by atoms with Crippen molar-refractivity contribution < 1.29 is 14.3 Å². The molecule has 0 radical (unpaired) electrons. The van der Waals surface area contributed by atoms with Crippen LogP contribution in [0.5, 0.6) is 11.5 Å². The summed E-state index contributed by atoms with van der Waals surface area (Å²) in [7, 11) is 3.14. The Balaban J connectivity index is 2.52. The minimum atomic E-state index is 0.0671. The van der Waals surface area contributed by atoms with E-state index < -0.39 is 0 Å². The van der Waals surface area contributed by atoms with E-state index in [0.717, 1.165) is 13.0 Å². The third-order valence-electron chi connectivity index (χ3n) is 2.95. The molecule has 0 atom stereocenters. The SMILES string of the molecule is CCCCCNCC(=O)c1ccc(OC)c(OC)c1. The molecule has 0 aromatic heterocycles. The minimum absolute atomic E-state index is 0.0671. The molecule has 0 bridgehead atoms. The quantitative estimate of drug-likeness (QED) is 0.551. The van der Waals surface area contributed by atoms with E-state index in [2.05, 4.69) is 12.2 Å². The maximum Gasteiger partial charge on any atom is 0.176 e. The molecule has 4 nitrogen and oxygen atoms in total.